The lowest BCUT2D eigenvalue weighted by atomic mass is 9.75. The Bertz CT molecular complexity index is 2790. The van der Waals surface area contributed by atoms with Crippen molar-refractivity contribution in [1.29, 1.82) is 0 Å². The summed E-state index contributed by atoms with van der Waals surface area (Å²) in [5.41, 5.74) is 14.6. The van der Waals surface area contributed by atoms with Gasteiger partial charge in [0.15, 0.2) is 11.6 Å². The van der Waals surface area contributed by atoms with Crippen LogP contribution >= 0.6 is 11.8 Å². The van der Waals surface area contributed by atoms with Gasteiger partial charge in [-0.1, -0.05) is 164 Å². The highest BCUT2D eigenvalue weighted by atomic mass is 32.2. The molecule has 8 aliphatic rings. The third-order valence-corrected chi connectivity index (χ3v) is 15.9. The smallest absolute Gasteiger partial charge is 0.165 e. The van der Waals surface area contributed by atoms with Crippen molar-refractivity contribution in [2.24, 2.45) is 11.8 Å². The molecule has 0 radical (unpaired) electrons. The van der Waals surface area contributed by atoms with Gasteiger partial charge in [0, 0.05) is 51.0 Å². The Labute approximate surface area is 370 Å². The normalized spacial score (nSPS) is 27.9. The summed E-state index contributed by atoms with van der Waals surface area (Å²) < 4.78 is 0. The van der Waals surface area contributed by atoms with Crippen molar-refractivity contribution >= 4 is 23.0 Å². The molecule has 62 heavy (non-hydrogen) atoms. The van der Waals surface area contributed by atoms with Crippen LogP contribution in [0.3, 0.4) is 0 Å². The minimum atomic E-state index is 0.0786. The largest absolute Gasteiger partial charge is 0.336 e. The molecule has 3 heterocycles. The van der Waals surface area contributed by atoms with Crippen molar-refractivity contribution < 1.29 is 0 Å². The van der Waals surface area contributed by atoms with Crippen LogP contribution in [-0.2, 0) is 0 Å². The molecule has 2 aliphatic heterocycles. The first-order valence-corrected chi connectivity index (χ1v) is 23.7. The molecule has 0 saturated carbocycles. The number of fused-ring (bicyclic) bond motifs is 6. The predicted molar refractivity (Wildman–Crippen MR) is 257 cm³/mol. The van der Waals surface area contributed by atoms with Crippen LogP contribution in [0.15, 0.2) is 204 Å². The zero-order valence-corrected chi connectivity index (χ0v) is 35.7. The van der Waals surface area contributed by atoms with Gasteiger partial charge in [-0.3, -0.25) is 0 Å². The maximum Gasteiger partial charge on any atom is 0.165 e. The van der Waals surface area contributed by atoms with Gasteiger partial charge in [-0.25, -0.2) is 15.0 Å². The summed E-state index contributed by atoms with van der Waals surface area (Å²) in [5, 5.41) is 1.11. The fourth-order valence-corrected chi connectivity index (χ4v) is 13.1. The molecule has 5 heteroatoms. The van der Waals surface area contributed by atoms with Crippen LogP contribution in [0, 0.1) is 11.8 Å². The molecule has 12 rings (SSSR count). The van der Waals surface area contributed by atoms with Crippen molar-refractivity contribution in [3.8, 4) is 22.8 Å². The second kappa shape index (κ2) is 16.0. The highest BCUT2D eigenvalue weighted by Crippen LogP contribution is 2.60. The minimum Gasteiger partial charge on any atom is -0.336 e. The SMILES string of the molecule is C1=CCC(c2nc(-c3ccccc3)nc(-c3cc(C4C=CC(c5ccccc5)=C(C5=CCCC=C5)C4)ccc3N3C4=C(CCC5SC6C=CC=CC6C45)C4=CC=CCC43)n2)C=C1. The maximum absolute atomic E-state index is 5.50. The lowest BCUT2D eigenvalue weighted by Crippen LogP contribution is -2.38. The van der Waals surface area contributed by atoms with Gasteiger partial charge in [0.2, 0.25) is 0 Å². The zero-order valence-electron chi connectivity index (χ0n) is 34.9. The molecule has 4 nitrogen and oxygen atoms in total. The lowest BCUT2D eigenvalue weighted by Gasteiger charge is -2.38. The first kappa shape index (κ1) is 37.7. The average molecular weight is 823 g/mol. The van der Waals surface area contributed by atoms with Crippen LogP contribution in [-0.4, -0.2) is 31.5 Å². The van der Waals surface area contributed by atoms with Crippen LogP contribution in [0.25, 0.3) is 28.3 Å². The van der Waals surface area contributed by atoms with Crippen molar-refractivity contribution in [2.75, 3.05) is 4.90 Å². The molecule has 0 amide bonds. The van der Waals surface area contributed by atoms with Crippen LogP contribution in [0.4, 0.5) is 5.69 Å². The van der Waals surface area contributed by atoms with Crippen molar-refractivity contribution in [2.45, 2.75) is 73.3 Å². The van der Waals surface area contributed by atoms with Crippen LogP contribution in [0.1, 0.15) is 73.7 Å². The van der Waals surface area contributed by atoms with Gasteiger partial charge in [-0.2, -0.15) is 0 Å². The molecule has 4 aromatic rings. The topological polar surface area (TPSA) is 41.9 Å². The van der Waals surface area contributed by atoms with Gasteiger partial charge in [-0.15, -0.1) is 11.8 Å². The van der Waals surface area contributed by atoms with E-state index in [0.717, 1.165) is 67.1 Å². The van der Waals surface area contributed by atoms with Gasteiger partial charge in [0.1, 0.15) is 5.82 Å². The number of allylic oxidation sites excluding steroid dienone is 18. The number of hydrogen-bond acceptors (Lipinski definition) is 5. The Kier molecular flexibility index (Phi) is 9.74. The van der Waals surface area contributed by atoms with Gasteiger partial charge >= 0.3 is 0 Å². The van der Waals surface area contributed by atoms with E-state index in [-0.39, 0.29) is 17.9 Å². The van der Waals surface area contributed by atoms with Gasteiger partial charge in [0.25, 0.3) is 0 Å². The van der Waals surface area contributed by atoms with Crippen LogP contribution in [0.5, 0.6) is 0 Å². The monoisotopic (exact) mass is 822 g/mol. The molecular formula is C57H50N4S. The summed E-state index contributed by atoms with van der Waals surface area (Å²) in [6.45, 7) is 0. The van der Waals surface area contributed by atoms with E-state index in [1.807, 2.05) is 0 Å². The summed E-state index contributed by atoms with van der Waals surface area (Å²) in [7, 11) is 0. The Morgan fingerprint density at radius 1 is 0.661 bits per heavy atom. The van der Waals surface area contributed by atoms with E-state index >= 15 is 0 Å². The summed E-state index contributed by atoms with van der Waals surface area (Å²) in [4.78, 5) is 19.0. The standard InChI is InChI=1S/C57H50N4S/c1-5-17-37(18-6-1)43-31-29-41(35-47(43)38-19-7-2-8-20-38)42-30-33-50(48(36-42)57-59-55(39-21-9-3-10-22-39)58-56(60-57)40-23-11-4-12-24-40)61-49-27-15-13-25-44(49)45-32-34-52-53(54(45)61)46-26-14-16-28-51(46)62-52/h1,3-7,9-23,25-26,28-31,33,36,40-41,46,49,51-53H,2,8,24,27,32,34-35H2. The van der Waals surface area contributed by atoms with Gasteiger partial charge in [-0.05, 0) is 96.1 Å². The third-order valence-electron chi connectivity index (χ3n) is 14.2. The number of benzene rings is 3. The van der Waals surface area contributed by atoms with Crippen molar-refractivity contribution in [3.05, 3.63) is 221 Å². The van der Waals surface area contributed by atoms with Gasteiger partial charge < -0.3 is 4.90 Å². The Morgan fingerprint density at radius 2 is 1.48 bits per heavy atom. The van der Waals surface area contributed by atoms with Crippen LogP contribution < -0.4 is 4.90 Å². The molecule has 304 valence electrons. The summed E-state index contributed by atoms with van der Waals surface area (Å²) in [6.07, 6.45) is 44.6. The Balaban J connectivity index is 1.04. The summed E-state index contributed by atoms with van der Waals surface area (Å²) in [5.74, 6) is 3.51. The van der Waals surface area contributed by atoms with E-state index in [2.05, 4.69) is 193 Å². The number of thioether (sulfide) groups is 1. The number of anilines is 1. The zero-order chi connectivity index (χ0) is 41.0. The second-order valence-electron chi connectivity index (χ2n) is 17.8. The number of rotatable bonds is 7. The van der Waals surface area contributed by atoms with E-state index in [0.29, 0.717) is 22.3 Å². The van der Waals surface area contributed by atoms with Crippen molar-refractivity contribution in [1.82, 2.24) is 15.0 Å². The highest BCUT2D eigenvalue weighted by molar-refractivity contribution is 8.01. The summed E-state index contributed by atoms with van der Waals surface area (Å²) >= 11 is 2.21. The van der Waals surface area contributed by atoms with Crippen LogP contribution in [0.2, 0.25) is 0 Å². The van der Waals surface area contributed by atoms with E-state index in [1.165, 1.54) is 45.5 Å². The fourth-order valence-electron chi connectivity index (χ4n) is 11.3. The number of hydrogen-bond donors (Lipinski definition) is 0. The quantitative estimate of drug-likeness (QED) is 0.186. The fraction of sp³-hybridized carbons (Fsp3) is 0.246. The third kappa shape index (κ3) is 6.64. The number of aromatic nitrogens is 3. The lowest BCUT2D eigenvalue weighted by molar-refractivity contribution is 0.432. The Hall–Kier alpha value is -6.04. The summed E-state index contributed by atoms with van der Waals surface area (Å²) in [6, 6.07) is 29.0. The molecule has 7 atom stereocenters. The molecular weight excluding hydrogens is 773 g/mol. The predicted octanol–water partition coefficient (Wildman–Crippen LogP) is 13.5. The van der Waals surface area contributed by atoms with E-state index in [4.69, 9.17) is 15.0 Å². The molecule has 1 fully saturated rings. The second-order valence-corrected chi connectivity index (χ2v) is 19.2. The first-order chi connectivity index (χ1) is 30.7. The number of nitrogens with zero attached hydrogens (tertiary/aromatic N) is 4. The van der Waals surface area contributed by atoms with E-state index in [9.17, 15) is 0 Å². The Morgan fingerprint density at radius 3 is 2.32 bits per heavy atom. The molecule has 1 saturated heterocycles. The molecule has 7 unspecified atom stereocenters. The molecule has 0 N–H and O–H groups in total. The van der Waals surface area contributed by atoms with Gasteiger partial charge in [0.05, 0.1) is 11.7 Å². The van der Waals surface area contributed by atoms with Crippen molar-refractivity contribution in [3.63, 3.8) is 0 Å². The van der Waals surface area contributed by atoms with E-state index in [1.54, 1.807) is 11.3 Å². The first-order valence-electron chi connectivity index (χ1n) is 22.8. The highest BCUT2D eigenvalue weighted by Gasteiger charge is 2.52. The molecule has 6 aliphatic carbocycles. The maximum atomic E-state index is 5.50. The molecule has 1 aromatic heterocycles. The molecule has 0 spiro atoms. The minimum absolute atomic E-state index is 0.0786. The van der Waals surface area contributed by atoms with E-state index < -0.39 is 0 Å². The molecule has 3 aromatic carbocycles. The molecule has 0 bridgehead atoms. The average Bonchev–Trinajstić information content (AvgIpc) is 3.90.